The third-order valence-corrected chi connectivity index (χ3v) is 5.79. The predicted molar refractivity (Wildman–Crippen MR) is 119 cm³/mol. The first-order valence-electron chi connectivity index (χ1n) is 10.1. The molecule has 162 valence electrons. The fourth-order valence-corrected chi connectivity index (χ4v) is 4.36. The number of aromatic nitrogens is 2. The van der Waals surface area contributed by atoms with Crippen molar-refractivity contribution in [3.8, 4) is 0 Å². The van der Waals surface area contributed by atoms with Gasteiger partial charge in [0.05, 0.1) is 39.9 Å². The SMILES string of the molecule is CC1(C)CN(c2ccc(C(=O)O)cc2)c2cc3[nH]ncc3cc2N1c1ccc(F)cc1F. The Morgan fingerprint density at radius 3 is 2.47 bits per heavy atom. The van der Waals surface area contributed by atoms with E-state index in [-0.39, 0.29) is 11.3 Å². The second kappa shape index (κ2) is 7.05. The quantitative estimate of drug-likeness (QED) is 0.439. The molecule has 32 heavy (non-hydrogen) atoms. The number of carboxylic acid groups (broad SMARTS) is 1. The summed E-state index contributed by atoms with van der Waals surface area (Å²) in [6.45, 7) is 4.44. The Bertz CT molecular complexity index is 1350. The molecular weight excluding hydrogens is 414 g/mol. The van der Waals surface area contributed by atoms with Crippen molar-refractivity contribution in [2.75, 3.05) is 16.3 Å². The van der Waals surface area contributed by atoms with Gasteiger partial charge in [-0.1, -0.05) is 0 Å². The molecule has 0 aliphatic carbocycles. The van der Waals surface area contributed by atoms with Crippen LogP contribution in [-0.4, -0.2) is 33.4 Å². The topological polar surface area (TPSA) is 72.5 Å². The van der Waals surface area contributed by atoms with Crippen molar-refractivity contribution in [2.24, 2.45) is 0 Å². The average Bonchev–Trinajstić information content (AvgIpc) is 3.20. The molecule has 6 nitrogen and oxygen atoms in total. The van der Waals surface area contributed by atoms with Gasteiger partial charge in [-0.2, -0.15) is 5.10 Å². The summed E-state index contributed by atoms with van der Waals surface area (Å²) in [5, 5.41) is 17.2. The molecule has 0 spiro atoms. The number of nitrogens with zero attached hydrogens (tertiary/aromatic N) is 3. The molecule has 1 aliphatic heterocycles. The summed E-state index contributed by atoms with van der Waals surface area (Å²) in [4.78, 5) is 15.2. The van der Waals surface area contributed by atoms with E-state index in [2.05, 4.69) is 15.1 Å². The molecular formula is C24H20F2N4O2. The van der Waals surface area contributed by atoms with Gasteiger partial charge in [-0.15, -0.1) is 0 Å². The first-order chi connectivity index (χ1) is 15.2. The molecule has 8 heteroatoms. The van der Waals surface area contributed by atoms with Crippen LogP contribution in [0.2, 0.25) is 0 Å². The van der Waals surface area contributed by atoms with E-state index >= 15 is 0 Å². The maximum Gasteiger partial charge on any atom is 0.335 e. The normalized spacial score (nSPS) is 15.1. The van der Waals surface area contributed by atoms with Gasteiger partial charge in [-0.3, -0.25) is 5.10 Å². The Hall–Kier alpha value is -3.94. The monoisotopic (exact) mass is 434 g/mol. The lowest BCUT2D eigenvalue weighted by atomic mass is 9.93. The molecule has 0 fully saturated rings. The van der Waals surface area contributed by atoms with E-state index in [0.29, 0.717) is 6.54 Å². The first kappa shape index (κ1) is 20.0. The predicted octanol–water partition coefficient (Wildman–Crippen LogP) is 5.61. The number of benzene rings is 3. The Morgan fingerprint density at radius 1 is 1.03 bits per heavy atom. The van der Waals surface area contributed by atoms with Crippen molar-refractivity contribution in [2.45, 2.75) is 19.4 Å². The van der Waals surface area contributed by atoms with Crippen LogP contribution in [0.1, 0.15) is 24.2 Å². The summed E-state index contributed by atoms with van der Waals surface area (Å²) in [5.74, 6) is -2.27. The van der Waals surface area contributed by atoms with Crippen molar-refractivity contribution >= 4 is 39.6 Å². The van der Waals surface area contributed by atoms with Gasteiger partial charge in [0.25, 0.3) is 0 Å². The highest BCUT2D eigenvalue weighted by molar-refractivity contribution is 5.96. The molecule has 1 aliphatic rings. The lowest BCUT2D eigenvalue weighted by molar-refractivity contribution is 0.0697. The zero-order chi connectivity index (χ0) is 22.6. The van der Waals surface area contributed by atoms with E-state index < -0.39 is 23.1 Å². The minimum absolute atomic E-state index is 0.198. The fourth-order valence-electron chi connectivity index (χ4n) is 4.36. The fraction of sp³-hybridized carbons (Fsp3) is 0.167. The molecule has 0 saturated carbocycles. The van der Waals surface area contributed by atoms with Gasteiger partial charge in [0.1, 0.15) is 11.6 Å². The average molecular weight is 434 g/mol. The van der Waals surface area contributed by atoms with E-state index in [9.17, 15) is 18.7 Å². The molecule has 2 N–H and O–H groups in total. The van der Waals surface area contributed by atoms with Crippen LogP contribution in [0.3, 0.4) is 0 Å². The summed E-state index contributed by atoms with van der Waals surface area (Å²) < 4.78 is 28.5. The minimum atomic E-state index is -0.993. The van der Waals surface area contributed by atoms with Crippen LogP contribution in [0.15, 0.2) is 60.8 Å². The van der Waals surface area contributed by atoms with Crippen LogP contribution >= 0.6 is 0 Å². The highest BCUT2D eigenvalue weighted by Crippen LogP contribution is 2.48. The molecule has 0 unspecified atom stereocenters. The Labute approximate surface area is 182 Å². The third-order valence-electron chi connectivity index (χ3n) is 5.79. The molecule has 3 aromatic carbocycles. The lowest BCUT2D eigenvalue weighted by Crippen LogP contribution is -2.53. The van der Waals surface area contributed by atoms with Gasteiger partial charge >= 0.3 is 5.97 Å². The largest absolute Gasteiger partial charge is 0.478 e. The van der Waals surface area contributed by atoms with E-state index in [1.54, 1.807) is 30.5 Å². The van der Waals surface area contributed by atoms with Crippen molar-refractivity contribution < 1.29 is 18.7 Å². The first-order valence-corrected chi connectivity index (χ1v) is 10.1. The van der Waals surface area contributed by atoms with Gasteiger partial charge in [-0.05, 0) is 62.4 Å². The Kier molecular flexibility index (Phi) is 4.40. The van der Waals surface area contributed by atoms with Crippen LogP contribution in [0, 0.1) is 11.6 Å². The van der Waals surface area contributed by atoms with Gasteiger partial charge in [-0.25, -0.2) is 13.6 Å². The summed E-state index contributed by atoms with van der Waals surface area (Å²) in [7, 11) is 0. The van der Waals surface area contributed by atoms with Crippen LogP contribution in [-0.2, 0) is 0 Å². The number of carbonyl (C=O) groups is 1. The van der Waals surface area contributed by atoms with E-state index in [1.807, 2.05) is 30.9 Å². The van der Waals surface area contributed by atoms with Crippen LogP contribution in [0.5, 0.6) is 0 Å². The van der Waals surface area contributed by atoms with Crippen molar-refractivity contribution in [3.63, 3.8) is 0 Å². The zero-order valence-electron chi connectivity index (χ0n) is 17.4. The number of carboxylic acids is 1. The van der Waals surface area contributed by atoms with Crippen LogP contribution < -0.4 is 9.80 Å². The van der Waals surface area contributed by atoms with Crippen LogP contribution in [0.4, 0.5) is 31.5 Å². The van der Waals surface area contributed by atoms with E-state index in [4.69, 9.17) is 0 Å². The van der Waals surface area contributed by atoms with Gasteiger partial charge in [0.15, 0.2) is 0 Å². The van der Waals surface area contributed by atoms with Crippen molar-refractivity contribution in [1.82, 2.24) is 10.2 Å². The second-order valence-electron chi connectivity index (χ2n) is 8.48. The van der Waals surface area contributed by atoms with Gasteiger partial charge in [0, 0.05) is 23.7 Å². The molecule has 0 amide bonds. The Morgan fingerprint density at radius 2 is 1.78 bits per heavy atom. The van der Waals surface area contributed by atoms with E-state index in [1.165, 1.54) is 12.1 Å². The molecule has 0 radical (unpaired) electrons. The molecule has 2 heterocycles. The highest BCUT2D eigenvalue weighted by Gasteiger charge is 2.39. The number of aromatic amines is 1. The van der Waals surface area contributed by atoms with E-state index in [0.717, 1.165) is 34.0 Å². The van der Waals surface area contributed by atoms with Crippen molar-refractivity contribution in [3.05, 3.63) is 78.0 Å². The third kappa shape index (κ3) is 3.15. The number of hydrogen-bond acceptors (Lipinski definition) is 4. The maximum absolute atomic E-state index is 14.9. The maximum atomic E-state index is 14.9. The number of hydrogen-bond donors (Lipinski definition) is 2. The standard InChI is InChI=1S/C24H20F2N4O2/c1-24(2)13-29(17-6-3-14(4-7-17)23(31)32)21-11-19-15(12-27-28-19)9-22(21)30(24)20-8-5-16(25)10-18(20)26/h3-12H,13H2,1-2H3,(H,27,28)(H,31,32). The number of rotatable bonds is 3. The zero-order valence-corrected chi connectivity index (χ0v) is 17.4. The summed E-state index contributed by atoms with van der Waals surface area (Å²) in [6.07, 6.45) is 1.70. The second-order valence-corrected chi connectivity index (χ2v) is 8.48. The molecule has 0 saturated heterocycles. The molecule has 0 bridgehead atoms. The number of nitrogens with one attached hydrogen (secondary N) is 1. The highest BCUT2D eigenvalue weighted by atomic mass is 19.1. The number of fused-ring (bicyclic) bond motifs is 2. The van der Waals surface area contributed by atoms with Gasteiger partial charge in [0.2, 0.25) is 0 Å². The van der Waals surface area contributed by atoms with Gasteiger partial charge < -0.3 is 14.9 Å². The number of anilines is 4. The molecule has 5 rings (SSSR count). The molecule has 4 aromatic rings. The summed E-state index contributed by atoms with van der Waals surface area (Å²) >= 11 is 0. The molecule has 0 atom stereocenters. The minimum Gasteiger partial charge on any atom is -0.478 e. The van der Waals surface area contributed by atoms with Crippen molar-refractivity contribution in [1.29, 1.82) is 0 Å². The molecule has 1 aromatic heterocycles. The number of halogens is 2. The van der Waals surface area contributed by atoms with Crippen LogP contribution in [0.25, 0.3) is 10.9 Å². The smallest absolute Gasteiger partial charge is 0.335 e. The summed E-state index contributed by atoms with van der Waals surface area (Å²) in [6, 6.07) is 14.1. The summed E-state index contributed by atoms with van der Waals surface area (Å²) in [5.41, 5.74) is 3.05. The number of aromatic carboxylic acids is 1. The number of H-pyrrole nitrogens is 1. The Balaban J connectivity index is 1.73. The lowest BCUT2D eigenvalue weighted by Gasteiger charge is -2.49.